The molecule has 6 heteroatoms. The summed E-state index contributed by atoms with van der Waals surface area (Å²) >= 11 is 0. The summed E-state index contributed by atoms with van der Waals surface area (Å²) in [4.78, 5) is 10.7. The Bertz CT molecular complexity index is 431. The van der Waals surface area contributed by atoms with Crippen LogP contribution in [0.15, 0.2) is 18.2 Å². The van der Waals surface area contributed by atoms with E-state index in [4.69, 9.17) is 4.74 Å². The summed E-state index contributed by atoms with van der Waals surface area (Å²) in [6.07, 6.45) is 2.22. The van der Waals surface area contributed by atoms with Crippen molar-refractivity contribution in [3.63, 3.8) is 0 Å². The highest BCUT2D eigenvalue weighted by Crippen LogP contribution is 2.32. The Morgan fingerprint density at radius 2 is 2.28 bits per heavy atom. The fraction of sp³-hybridized carbons (Fsp3) is 0.500. The van der Waals surface area contributed by atoms with Gasteiger partial charge in [0.15, 0.2) is 0 Å². The number of nitrogens with one attached hydrogen (secondary N) is 2. The zero-order valence-corrected chi connectivity index (χ0v) is 10.3. The van der Waals surface area contributed by atoms with Crippen LogP contribution in [-0.4, -0.2) is 31.2 Å². The van der Waals surface area contributed by atoms with Gasteiger partial charge in [0.25, 0.3) is 0 Å². The van der Waals surface area contributed by atoms with Crippen molar-refractivity contribution in [1.82, 2.24) is 0 Å². The maximum atomic E-state index is 11.1. The lowest BCUT2D eigenvalue weighted by Gasteiger charge is -2.13. The van der Waals surface area contributed by atoms with E-state index in [0.29, 0.717) is 17.9 Å². The first-order valence-electron chi connectivity index (χ1n) is 6.03. The van der Waals surface area contributed by atoms with E-state index in [2.05, 4.69) is 10.6 Å². The number of rotatable bonds is 5. The smallest absolute Gasteiger partial charge is 0.315 e. The van der Waals surface area contributed by atoms with Crippen molar-refractivity contribution in [3.8, 4) is 0 Å². The number of nitro benzene ring substituents is 1. The fourth-order valence-electron chi connectivity index (χ4n) is 2.11. The predicted octanol–water partition coefficient (Wildman–Crippen LogP) is 2.23. The molecule has 1 atom stereocenters. The minimum Gasteiger partial charge on any atom is -0.382 e. The second kappa shape index (κ2) is 5.68. The van der Waals surface area contributed by atoms with E-state index in [1.54, 1.807) is 25.2 Å². The molecule has 0 spiro atoms. The third-order valence-electron chi connectivity index (χ3n) is 3.03. The van der Waals surface area contributed by atoms with Crippen LogP contribution in [-0.2, 0) is 4.74 Å². The van der Waals surface area contributed by atoms with Gasteiger partial charge < -0.3 is 15.4 Å². The molecule has 1 aliphatic heterocycles. The van der Waals surface area contributed by atoms with Gasteiger partial charge in [0, 0.05) is 20.2 Å². The van der Waals surface area contributed by atoms with E-state index < -0.39 is 0 Å². The molecule has 18 heavy (non-hydrogen) atoms. The van der Waals surface area contributed by atoms with Gasteiger partial charge >= 0.3 is 5.69 Å². The molecule has 1 aliphatic rings. The molecule has 0 amide bonds. The average Bonchev–Trinajstić information content (AvgIpc) is 2.88. The monoisotopic (exact) mass is 251 g/mol. The third kappa shape index (κ3) is 2.70. The Kier molecular flexibility index (Phi) is 3.99. The zero-order valence-electron chi connectivity index (χ0n) is 10.3. The maximum absolute atomic E-state index is 11.1. The lowest BCUT2D eigenvalue weighted by molar-refractivity contribution is -0.383. The Labute approximate surface area is 105 Å². The summed E-state index contributed by atoms with van der Waals surface area (Å²) in [6, 6.07) is 5.19. The zero-order chi connectivity index (χ0) is 13.0. The van der Waals surface area contributed by atoms with E-state index in [1.165, 1.54) is 0 Å². The first-order valence-corrected chi connectivity index (χ1v) is 6.03. The summed E-state index contributed by atoms with van der Waals surface area (Å²) < 4.78 is 5.48. The molecular weight excluding hydrogens is 234 g/mol. The normalized spacial score (nSPS) is 18.6. The van der Waals surface area contributed by atoms with Crippen LogP contribution in [0.1, 0.15) is 12.8 Å². The molecule has 1 heterocycles. The van der Waals surface area contributed by atoms with Gasteiger partial charge in [-0.3, -0.25) is 10.1 Å². The number of hydrogen-bond donors (Lipinski definition) is 2. The number of anilines is 2. The molecule has 6 nitrogen and oxygen atoms in total. The fourth-order valence-corrected chi connectivity index (χ4v) is 2.11. The van der Waals surface area contributed by atoms with Crippen molar-refractivity contribution in [2.24, 2.45) is 0 Å². The van der Waals surface area contributed by atoms with Crippen LogP contribution in [0.3, 0.4) is 0 Å². The van der Waals surface area contributed by atoms with Crippen LogP contribution < -0.4 is 10.6 Å². The summed E-state index contributed by atoms with van der Waals surface area (Å²) in [5, 5.41) is 17.0. The van der Waals surface area contributed by atoms with Crippen molar-refractivity contribution < 1.29 is 9.66 Å². The highest BCUT2D eigenvalue weighted by atomic mass is 16.6. The number of ether oxygens (including phenoxy) is 1. The molecule has 1 unspecified atom stereocenters. The summed E-state index contributed by atoms with van der Waals surface area (Å²) in [5.41, 5.74) is 1.12. The van der Waals surface area contributed by atoms with E-state index in [1.807, 2.05) is 0 Å². The maximum Gasteiger partial charge on any atom is 0.315 e. The first kappa shape index (κ1) is 12.6. The van der Waals surface area contributed by atoms with E-state index in [9.17, 15) is 10.1 Å². The van der Waals surface area contributed by atoms with Crippen LogP contribution in [0.4, 0.5) is 17.1 Å². The van der Waals surface area contributed by atoms with Crippen LogP contribution in [0, 0.1) is 10.1 Å². The van der Waals surface area contributed by atoms with Gasteiger partial charge in [0.05, 0.1) is 11.0 Å². The molecule has 0 aliphatic carbocycles. The Morgan fingerprint density at radius 1 is 1.50 bits per heavy atom. The number of nitro groups is 1. The van der Waals surface area contributed by atoms with E-state index in [0.717, 1.165) is 19.4 Å². The minimum absolute atomic E-state index is 0.0815. The number of benzene rings is 1. The SMILES string of the molecule is CNc1cccc(NCC2CCCO2)c1[N+](=O)[O-]. The molecule has 1 fully saturated rings. The van der Waals surface area contributed by atoms with Crippen molar-refractivity contribution in [2.75, 3.05) is 30.8 Å². The summed E-state index contributed by atoms with van der Waals surface area (Å²) in [5.74, 6) is 0. The molecule has 0 bridgehead atoms. The van der Waals surface area contributed by atoms with E-state index >= 15 is 0 Å². The summed E-state index contributed by atoms with van der Waals surface area (Å²) in [7, 11) is 1.67. The molecule has 2 N–H and O–H groups in total. The molecule has 0 radical (unpaired) electrons. The molecule has 0 saturated carbocycles. The van der Waals surface area contributed by atoms with Gasteiger partial charge in [0.2, 0.25) is 0 Å². The van der Waals surface area contributed by atoms with Crippen molar-refractivity contribution in [3.05, 3.63) is 28.3 Å². The highest BCUT2D eigenvalue weighted by molar-refractivity contribution is 5.76. The molecule has 1 aromatic rings. The van der Waals surface area contributed by atoms with Crippen LogP contribution in [0.25, 0.3) is 0 Å². The van der Waals surface area contributed by atoms with Crippen molar-refractivity contribution in [1.29, 1.82) is 0 Å². The molecule has 98 valence electrons. The Hall–Kier alpha value is -1.82. The van der Waals surface area contributed by atoms with Gasteiger partial charge in [-0.25, -0.2) is 0 Å². The van der Waals surface area contributed by atoms with Crippen molar-refractivity contribution in [2.45, 2.75) is 18.9 Å². The molecule has 0 aromatic heterocycles. The molecular formula is C12H17N3O3. The topological polar surface area (TPSA) is 76.4 Å². The second-order valence-electron chi connectivity index (χ2n) is 4.22. The number of nitrogens with zero attached hydrogens (tertiary/aromatic N) is 1. The van der Waals surface area contributed by atoms with Gasteiger partial charge in [-0.1, -0.05) is 6.07 Å². The minimum atomic E-state index is -0.371. The first-order chi connectivity index (χ1) is 8.72. The highest BCUT2D eigenvalue weighted by Gasteiger charge is 2.21. The number of hydrogen-bond acceptors (Lipinski definition) is 5. The third-order valence-corrected chi connectivity index (χ3v) is 3.03. The predicted molar refractivity (Wildman–Crippen MR) is 70.1 cm³/mol. The van der Waals surface area contributed by atoms with Crippen LogP contribution in [0.5, 0.6) is 0 Å². The van der Waals surface area contributed by atoms with Gasteiger partial charge in [0.1, 0.15) is 11.4 Å². The van der Waals surface area contributed by atoms with Gasteiger partial charge in [-0.2, -0.15) is 0 Å². The van der Waals surface area contributed by atoms with Gasteiger partial charge in [-0.05, 0) is 25.0 Å². The Morgan fingerprint density at radius 3 is 2.89 bits per heavy atom. The molecule has 2 rings (SSSR count). The lowest BCUT2D eigenvalue weighted by atomic mass is 10.2. The van der Waals surface area contributed by atoms with Crippen LogP contribution >= 0.6 is 0 Å². The summed E-state index contributed by atoms with van der Waals surface area (Å²) in [6.45, 7) is 1.39. The standard InChI is InChI=1S/C12H17N3O3/c1-13-10-5-2-6-11(12(10)15(16)17)14-8-9-4-3-7-18-9/h2,5-6,9,13-14H,3-4,7-8H2,1H3. The lowest BCUT2D eigenvalue weighted by Crippen LogP contribution is -2.19. The molecule has 1 aromatic carbocycles. The average molecular weight is 251 g/mol. The quantitative estimate of drug-likeness (QED) is 0.620. The largest absolute Gasteiger partial charge is 0.382 e. The van der Waals surface area contributed by atoms with E-state index in [-0.39, 0.29) is 16.7 Å². The molecule has 1 saturated heterocycles. The second-order valence-corrected chi connectivity index (χ2v) is 4.22. The van der Waals surface area contributed by atoms with Crippen LogP contribution in [0.2, 0.25) is 0 Å². The van der Waals surface area contributed by atoms with Gasteiger partial charge in [-0.15, -0.1) is 0 Å². The Balaban J connectivity index is 2.13. The number of para-hydroxylation sites is 1. The van der Waals surface area contributed by atoms with Crippen molar-refractivity contribution >= 4 is 17.1 Å².